The third kappa shape index (κ3) is 2.71. The smallest absolute Gasteiger partial charge is 0.336 e. The Morgan fingerprint density at radius 1 is 1.40 bits per heavy atom. The summed E-state index contributed by atoms with van der Waals surface area (Å²) in [5, 5.41) is 9.11. The van der Waals surface area contributed by atoms with Crippen molar-refractivity contribution in [1.29, 1.82) is 0 Å². The third-order valence-electron chi connectivity index (χ3n) is 3.58. The Labute approximate surface area is 132 Å². The van der Waals surface area contributed by atoms with Crippen molar-refractivity contribution in [3.05, 3.63) is 27.3 Å². The molecule has 110 valence electrons. The van der Waals surface area contributed by atoms with Gasteiger partial charge >= 0.3 is 5.97 Å². The number of hydrogen-bond donors (Lipinski definition) is 1. The van der Waals surface area contributed by atoms with Gasteiger partial charge in [-0.15, -0.1) is 0 Å². The molecule has 1 fully saturated rings. The number of nitrogens with zero attached hydrogens (tertiary/aromatic N) is 1. The number of carboxylic acids is 1. The first-order valence-corrected chi connectivity index (χ1v) is 8.74. The maximum Gasteiger partial charge on any atom is 0.336 e. The van der Waals surface area contributed by atoms with Gasteiger partial charge < -0.3 is 5.11 Å². The molecule has 2 rings (SSSR count). The third-order valence-corrected chi connectivity index (χ3v) is 6.63. The standard InChI is InChI=1S/C13H16INO4S/c1-13(2)6-3-7-15(13)20(18,19)9-4-5-11(14)10(8-9)12(16)17/h4-5,8H,3,6-7H2,1-2H3,(H,16,17). The number of aromatic carboxylic acids is 1. The topological polar surface area (TPSA) is 74.7 Å². The molecule has 0 spiro atoms. The summed E-state index contributed by atoms with van der Waals surface area (Å²) >= 11 is 1.89. The first-order valence-electron chi connectivity index (χ1n) is 6.22. The number of halogens is 1. The lowest BCUT2D eigenvalue weighted by atomic mass is 10.0. The highest BCUT2D eigenvalue weighted by atomic mass is 127. The molecule has 0 atom stereocenters. The fraction of sp³-hybridized carbons (Fsp3) is 0.462. The molecule has 1 saturated heterocycles. The van der Waals surface area contributed by atoms with Crippen molar-refractivity contribution in [2.75, 3.05) is 6.54 Å². The highest BCUT2D eigenvalue weighted by molar-refractivity contribution is 14.1. The van der Waals surface area contributed by atoms with E-state index >= 15 is 0 Å². The fourth-order valence-corrected chi connectivity index (χ4v) is 4.92. The van der Waals surface area contributed by atoms with E-state index in [4.69, 9.17) is 5.11 Å². The summed E-state index contributed by atoms with van der Waals surface area (Å²) in [7, 11) is -3.65. The van der Waals surface area contributed by atoms with E-state index in [0.717, 1.165) is 12.8 Å². The zero-order valence-corrected chi connectivity index (χ0v) is 14.2. The van der Waals surface area contributed by atoms with E-state index in [0.29, 0.717) is 10.1 Å². The maximum absolute atomic E-state index is 12.7. The van der Waals surface area contributed by atoms with Gasteiger partial charge in [0.1, 0.15) is 0 Å². The molecule has 0 saturated carbocycles. The van der Waals surface area contributed by atoms with Gasteiger partial charge in [-0.05, 0) is 67.5 Å². The molecule has 1 aromatic carbocycles. The average molecular weight is 409 g/mol. The Bertz CT molecular complexity index is 654. The molecule has 0 aliphatic carbocycles. The quantitative estimate of drug-likeness (QED) is 0.779. The fourth-order valence-electron chi connectivity index (χ4n) is 2.48. The first kappa shape index (κ1) is 15.7. The van der Waals surface area contributed by atoms with Crippen LogP contribution in [0.3, 0.4) is 0 Å². The van der Waals surface area contributed by atoms with Crippen LogP contribution in [0.2, 0.25) is 0 Å². The van der Waals surface area contributed by atoms with Crippen molar-refractivity contribution in [3.63, 3.8) is 0 Å². The van der Waals surface area contributed by atoms with Gasteiger partial charge in [0.05, 0.1) is 10.5 Å². The minimum Gasteiger partial charge on any atom is -0.478 e. The summed E-state index contributed by atoms with van der Waals surface area (Å²) in [4.78, 5) is 11.2. The molecule has 1 aliphatic rings. The van der Waals surface area contributed by atoms with Crippen LogP contribution in [0.15, 0.2) is 23.1 Å². The zero-order valence-electron chi connectivity index (χ0n) is 11.3. The van der Waals surface area contributed by atoms with Gasteiger partial charge in [-0.25, -0.2) is 13.2 Å². The van der Waals surface area contributed by atoms with Crippen molar-refractivity contribution in [2.24, 2.45) is 0 Å². The lowest BCUT2D eigenvalue weighted by Crippen LogP contribution is -2.42. The van der Waals surface area contributed by atoms with E-state index in [1.54, 1.807) is 0 Å². The molecule has 1 aliphatic heterocycles. The lowest BCUT2D eigenvalue weighted by Gasteiger charge is -2.30. The van der Waals surface area contributed by atoms with Crippen LogP contribution in [0, 0.1) is 3.57 Å². The number of carbonyl (C=O) groups is 1. The minimum atomic E-state index is -3.65. The summed E-state index contributed by atoms with van der Waals surface area (Å²) in [6.07, 6.45) is 1.63. The van der Waals surface area contributed by atoms with Gasteiger partial charge in [-0.1, -0.05) is 0 Å². The van der Waals surface area contributed by atoms with E-state index in [2.05, 4.69) is 0 Å². The molecule has 0 amide bonds. The molecule has 1 aromatic rings. The highest BCUT2D eigenvalue weighted by Crippen LogP contribution is 2.34. The van der Waals surface area contributed by atoms with Gasteiger partial charge in [0.15, 0.2) is 0 Å². The van der Waals surface area contributed by atoms with Crippen LogP contribution in [-0.4, -0.2) is 35.9 Å². The van der Waals surface area contributed by atoms with Crippen molar-refractivity contribution in [1.82, 2.24) is 4.31 Å². The normalized spacial score (nSPS) is 19.1. The van der Waals surface area contributed by atoms with Crippen LogP contribution in [0.5, 0.6) is 0 Å². The van der Waals surface area contributed by atoms with E-state index in [1.165, 1.54) is 22.5 Å². The molecule has 7 heteroatoms. The van der Waals surface area contributed by atoms with Crippen LogP contribution in [0.1, 0.15) is 37.0 Å². The van der Waals surface area contributed by atoms with Gasteiger partial charge in [-0.2, -0.15) is 4.31 Å². The van der Waals surface area contributed by atoms with E-state index < -0.39 is 21.5 Å². The van der Waals surface area contributed by atoms with Crippen LogP contribution >= 0.6 is 22.6 Å². The number of rotatable bonds is 3. The summed E-state index contributed by atoms with van der Waals surface area (Å²) in [5.74, 6) is -1.12. The number of sulfonamides is 1. The Kier molecular flexibility index (Phi) is 4.14. The van der Waals surface area contributed by atoms with Gasteiger partial charge in [-0.3, -0.25) is 0 Å². The zero-order chi connectivity index (χ0) is 15.1. The minimum absolute atomic E-state index is 0.0173. The Morgan fingerprint density at radius 3 is 2.55 bits per heavy atom. The summed E-state index contributed by atoms with van der Waals surface area (Å²) in [5.41, 5.74) is -0.408. The maximum atomic E-state index is 12.7. The van der Waals surface area contributed by atoms with E-state index in [-0.39, 0.29) is 10.5 Å². The average Bonchev–Trinajstić information content (AvgIpc) is 2.69. The summed E-state index contributed by atoms with van der Waals surface area (Å²) in [6.45, 7) is 4.26. The van der Waals surface area contributed by atoms with Gasteiger partial charge in [0.2, 0.25) is 10.0 Å². The van der Waals surface area contributed by atoms with Crippen LogP contribution in [0.25, 0.3) is 0 Å². The second-order valence-corrected chi connectivity index (χ2v) is 8.46. The predicted octanol–water partition coefficient (Wildman–Crippen LogP) is 2.55. The van der Waals surface area contributed by atoms with Crippen molar-refractivity contribution in [2.45, 2.75) is 37.1 Å². The molecule has 1 heterocycles. The number of hydrogen-bond acceptors (Lipinski definition) is 3. The predicted molar refractivity (Wildman–Crippen MR) is 83.3 cm³/mol. The first-order chi connectivity index (χ1) is 9.16. The highest BCUT2D eigenvalue weighted by Gasteiger charge is 2.41. The van der Waals surface area contributed by atoms with Crippen LogP contribution < -0.4 is 0 Å². The molecular weight excluding hydrogens is 393 g/mol. The monoisotopic (exact) mass is 409 g/mol. The van der Waals surface area contributed by atoms with Crippen LogP contribution in [-0.2, 0) is 10.0 Å². The molecule has 0 aromatic heterocycles. The second-order valence-electron chi connectivity index (χ2n) is 5.44. The summed E-state index contributed by atoms with van der Waals surface area (Å²) in [6, 6.07) is 4.24. The SMILES string of the molecule is CC1(C)CCCN1S(=O)(=O)c1ccc(I)c(C(=O)O)c1. The van der Waals surface area contributed by atoms with Crippen molar-refractivity contribution < 1.29 is 18.3 Å². The lowest BCUT2D eigenvalue weighted by molar-refractivity contribution is 0.0695. The largest absolute Gasteiger partial charge is 0.478 e. The van der Waals surface area contributed by atoms with Crippen LogP contribution in [0.4, 0.5) is 0 Å². The Morgan fingerprint density at radius 2 is 2.05 bits per heavy atom. The van der Waals surface area contributed by atoms with Crippen molar-refractivity contribution >= 4 is 38.6 Å². The molecule has 20 heavy (non-hydrogen) atoms. The Hall–Kier alpha value is -0.670. The second kappa shape index (κ2) is 5.27. The molecule has 1 N–H and O–H groups in total. The molecule has 0 unspecified atom stereocenters. The van der Waals surface area contributed by atoms with Gasteiger partial charge in [0, 0.05) is 15.7 Å². The molecular formula is C13H16INO4S. The molecule has 0 radical (unpaired) electrons. The summed E-state index contributed by atoms with van der Waals surface area (Å²) < 4.78 is 27.3. The van der Waals surface area contributed by atoms with Crippen molar-refractivity contribution in [3.8, 4) is 0 Å². The van der Waals surface area contributed by atoms with E-state index in [1.807, 2.05) is 36.4 Å². The molecule has 5 nitrogen and oxygen atoms in total. The number of benzene rings is 1. The Balaban J connectivity index is 2.50. The molecule has 0 bridgehead atoms. The van der Waals surface area contributed by atoms with Gasteiger partial charge in [0.25, 0.3) is 0 Å². The number of carboxylic acid groups (broad SMARTS) is 1. The van der Waals surface area contributed by atoms with E-state index in [9.17, 15) is 13.2 Å².